The molecule has 1 fully saturated rings. The largest absolute Gasteiger partial charge is 0.481 e. The molecule has 3 aromatic carbocycles. The number of anilines is 1. The minimum Gasteiger partial charge on any atom is -0.481 e. The molecule has 0 saturated carbocycles. The zero-order valence-corrected chi connectivity index (χ0v) is 24.2. The van der Waals surface area contributed by atoms with E-state index in [2.05, 4.69) is 38.9 Å². The Morgan fingerprint density at radius 3 is 2.48 bits per heavy atom. The Morgan fingerprint density at radius 2 is 1.82 bits per heavy atom. The lowest BCUT2D eigenvalue weighted by Crippen LogP contribution is -2.03. The minimum atomic E-state index is -0.107. The highest BCUT2D eigenvalue weighted by Crippen LogP contribution is 2.36. The van der Waals surface area contributed by atoms with E-state index < -0.39 is 0 Å². The molecule has 1 aromatic heterocycles. The molecule has 1 N–H and O–H groups in total. The van der Waals surface area contributed by atoms with Crippen LogP contribution in [-0.4, -0.2) is 42.3 Å². The van der Waals surface area contributed by atoms with E-state index in [0.717, 1.165) is 48.1 Å². The van der Waals surface area contributed by atoms with Crippen molar-refractivity contribution < 1.29 is 13.9 Å². The first-order valence-electron chi connectivity index (χ1n) is 13.2. The number of aromatic nitrogens is 1. The normalized spacial score (nSPS) is 16.3. The van der Waals surface area contributed by atoms with Crippen LogP contribution in [0.3, 0.4) is 0 Å². The zero-order chi connectivity index (χ0) is 28.3. The fraction of sp³-hybridized carbons (Fsp3) is 0.250. The molecular formula is C32H33ClFN3O2S. The molecule has 0 radical (unpaired) electrons. The summed E-state index contributed by atoms with van der Waals surface area (Å²) in [5.41, 5.74) is 3.73. The second kappa shape index (κ2) is 14.8. The molecule has 8 heteroatoms. The molecule has 0 spiro atoms. The SMILES string of the molecule is CNc1cccc(F)c1CCC1CN1Sc1ccccc1.COc1ccc(C(CC=O)c2ccc(Cl)cc2)cn1. The van der Waals surface area contributed by atoms with Crippen LogP contribution in [0.4, 0.5) is 10.1 Å². The number of carbonyl (C=O) groups is 1. The van der Waals surface area contributed by atoms with Gasteiger partial charge in [-0.2, -0.15) is 0 Å². The Balaban J connectivity index is 0.000000186. The number of carbonyl (C=O) groups excluding carboxylic acids is 1. The molecule has 5 rings (SSSR count). The van der Waals surface area contributed by atoms with Crippen LogP contribution in [0.25, 0.3) is 0 Å². The first-order chi connectivity index (χ1) is 19.5. The Bertz CT molecular complexity index is 1360. The number of ether oxygens (including phenoxy) is 1. The molecule has 0 aliphatic carbocycles. The lowest BCUT2D eigenvalue weighted by Gasteiger charge is -2.15. The number of hydrogen-bond acceptors (Lipinski definition) is 6. The summed E-state index contributed by atoms with van der Waals surface area (Å²) < 4.78 is 21.3. The summed E-state index contributed by atoms with van der Waals surface area (Å²) in [6.45, 7) is 1.09. The molecular weight excluding hydrogens is 545 g/mol. The maximum absolute atomic E-state index is 13.9. The van der Waals surface area contributed by atoms with Gasteiger partial charge in [-0.25, -0.2) is 13.7 Å². The van der Waals surface area contributed by atoms with E-state index in [0.29, 0.717) is 23.4 Å². The van der Waals surface area contributed by atoms with Gasteiger partial charge in [0.2, 0.25) is 5.88 Å². The number of hydrogen-bond donors (Lipinski definition) is 1. The van der Waals surface area contributed by atoms with Crippen LogP contribution in [0.2, 0.25) is 5.02 Å². The number of benzene rings is 3. The van der Waals surface area contributed by atoms with Gasteiger partial charge in [-0.05, 0) is 72.3 Å². The fourth-order valence-electron chi connectivity index (χ4n) is 4.46. The highest BCUT2D eigenvalue weighted by Gasteiger charge is 2.34. The average Bonchev–Trinajstić information content (AvgIpc) is 3.74. The van der Waals surface area contributed by atoms with Gasteiger partial charge in [0.05, 0.1) is 7.11 Å². The van der Waals surface area contributed by atoms with Crippen molar-refractivity contribution in [3.8, 4) is 5.88 Å². The van der Waals surface area contributed by atoms with E-state index in [4.69, 9.17) is 16.3 Å². The third kappa shape index (κ3) is 8.31. The molecule has 5 nitrogen and oxygen atoms in total. The molecule has 3 atom stereocenters. The molecule has 208 valence electrons. The number of rotatable bonds is 11. The number of methoxy groups -OCH3 is 1. The summed E-state index contributed by atoms with van der Waals surface area (Å²) in [6.07, 6.45) is 4.84. The van der Waals surface area contributed by atoms with E-state index in [1.807, 2.05) is 49.5 Å². The van der Waals surface area contributed by atoms with Gasteiger partial charge in [-0.1, -0.05) is 54.1 Å². The van der Waals surface area contributed by atoms with E-state index >= 15 is 0 Å². The molecule has 2 heterocycles. The summed E-state index contributed by atoms with van der Waals surface area (Å²) in [5.74, 6) is 0.447. The average molecular weight is 578 g/mol. The van der Waals surface area contributed by atoms with Gasteiger partial charge in [0.25, 0.3) is 0 Å². The van der Waals surface area contributed by atoms with Gasteiger partial charge in [0.1, 0.15) is 12.1 Å². The van der Waals surface area contributed by atoms with Gasteiger partial charge in [0, 0.05) is 65.4 Å². The summed E-state index contributed by atoms with van der Waals surface area (Å²) in [6, 6.07) is 27.4. The third-order valence-corrected chi connectivity index (χ3v) is 8.14. The van der Waals surface area contributed by atoms with Gasteiger partial charge < -0.3 is 14.8 Å². The number of pyridine rings is 1. The number of nitrogens with one attached hydrogen (secondary N) is 1. The second-order valence-electron chi connectivity index (χ2n) is 9.35. The molecule has 4 aromatic rings. The molecule has 0 amide bonds. The third-order valence-electron chi connectivity index (χ3n) is 6.72. The Hall–Kier alpha value is -3.39. The van der Waals surface area contributed by atoms with Gasteiger partial charge in [-0.3, -0.25) is 0 Å². The molecule has 1 aliphatic heterocycles. The highest BCUT2D eigenvalue weighted by molar-refractivity contribution is 7.97. The Morgan fingerprint density at radius 1 is 1.07 bits per heavy atom. The lowest BCUT2D eigenvalue weighted by atomic mass is 9.90. The fourth-order valence-corrected chi connectivity index (χ4v) is 5.63. The maximum Gasteiger partial charge on any atom is 0.212 e. The van der Waals surface area contributed by atoms with Crippen molar-refractivity contribution in [3.63, 3.8) is 0 Å². The quantitative estimate of drug-likeness (QED) is 0.112. The van der Waals surface area contributed by atoms with E-state index in [9.17, 15) is 9.18 Å². The topological polar surface area (TPSA) is 54.2 Å². The standard InChI is InChI=1S/C17H19FN2S.C15H14ClNO2/c1-19-17-9-5-8-16(18)15(17)11-10-13-12-20(13)21-14-6-3-2-4-7-14;1-19-15-7-4-12(10-17-15)14(8-9-18)11-2-5-13(16)6-3-11/h2-9,13,19H,10-12H2,1H3;2-7,9-10,14H,8H2,1H3. The van der Waals surface area contributed by atoms with Crippen molar-refractivity contribution in [1.29, 1.82) is 0 Å². The summed E-state index contributed by atoms with van der Waals surface area (Å²) in [5, 5.41) is 3.75. The number of aldehydes is 1. The van der Waals surface area contributed by atoms with Crippen LogP contribution in [0.15, 0.2) is 96.0 Å². The van der Waals surface area contributed by atoms with Crippen LogP contribution < -0.4 is 10.1 Å². The van der Waals surface area contributed by atoms with Crippen molar-refractivity contribution in [2.24, 2.45) is 0 Å². The first kappa shape index (κ1) is 29.6. The van der Waals surface area contributed by atoms with Gasteiger partial charge >= 0.3 is 0 Å². The lowest BCUT2D eigenvalue weighted by molar-refractivity contribution is -0.108. The zero-order valence-electron chi connectivity index (χ0n) is 22.6. The van der Waals surface area contributed by atoms with Crippen LogP contribution in [-0.2, 0) is 11.2 Å². The van der Waals surface area contributed by atoms with Crippen molar-refractivity contribution >= 4 is 35.5 Å². The maximum atomic E-state index is 13.9. The second-order valence-corrected chi connectivity index (χ2v) is 10.9. The Labute approximate surface area is 244 Å². The first-order valence-corrected chi connectivity index (χ1v) is 14.3. The summed E-state index contributed by atoms with van der Waals surface area (Å²) in [4.78, 5) is 16.3. The monoisotopic (exact) mass is 577 g/mol. The van der Waals surface area contributed by atoms with Gasteiger partial charge in [-0.15, -0.1) is 0 Å². The van der Waals surface area contributed by atoms with Crippen LogP contribution in [0, 0.1) is 5.82 Å². The summed E-state index contributed by atoms with van der Waals surface area (Å²) >= 11 is 7.67. The number of nitrogens with zero attached hydrogens (tertiary/aromatic N) is 2. The number of halogens is 2. The van der Waals surface area contributed by atoms with Crippen LogP contribution in [0.5, 0.6) is 5.88 Å². The molecule has 1 saturated heterocycles. The Kier molecular flexibility index (Phi) is 11.0. The van der Waals surface area contributed by atoms with Crippen molar-refractivity contribution in [1.82, 2.24) is 9.29 Å². The predicted octanol–water partition coefficient (Wildman–Crippen LogP) is 7.66. The highest BCUT2D eigenvalue weighted by atomic mass is 35.5. The van der Waals surface area contributed by atoms with Crippen LogP contribution in [0.1, 0.15) is 35.4 Å². The van der Waals surface area contributed by atoms with Crippen molar-refractivity contribution in [2.75, 3.05) is 26.0 Å². The molecule has 3 unspecified atom stereocenters. The predicted molar refractivity (Wildman–Crippen MR) is 162 cm³/mol. The van der Waals surface area contributed by atoms with Gasteiger partial charge in [0.15, 0.2) is 0 Å². The van der Waals surface area contributed by atoms with E-state index in [-0.39, 0.29) is 11.7 Å². The smallest absolute Gasteiger partial charge is 0.212 e. The van der Waals surface area contributed by atoms with Crippen molar-refractivity contribution in [2.45, 2.75) is 36.1 Å². The summed E-state index contributed by atoms with van der Waals surface area (Å²) in [7, 11) is 3.41. The van der Waals surface area contributed by atoms with Crippen LogP contribution >= 0.6 is 23.5 Å². The van der Waals surface area contributed by atoms with Crippen molar-refractivity contribution in [3.05, 3.63) is 119 Å². The molecule has 0 bridgehead atoms. The minimum absolute atomic E-state index is 0.00632. The molecule has 40 heavy (non-hydrogen) atoms. The molecule has 1 aliphatic rings. The van der Waals surface area contributed by atoms with E-state index in [1.54, 1.807) is 43.5 Å². The van der Waals surface area contributed by atoms with E-state index in [1.165, 1.54) is 4.90 Å².